The molecule has 0 amide bonds. The number of rotatable bonds is 6. The Morgan fingerprint density at radius 1 is 1.24 bits per heavy atom. The Labute approximate surface area is 200 Å². The summed E-state index contributed by atoms with van der Waals surface area (Å²) < 4.78 is 27.6. The predicted octanol–water partition coefficient (Wildman–Crippen LogP) is 5.93. The molecule has 3 nitrogen and oxygen atoms in total. The minimum absolute atomic E-state index is 0.179. The summed E-state index contributed by atoms with van der Waals surface area (Å²) in [5.74, 6) is -1.19. The molecule has 0 aromatic heterocycles. The highest BCUT2D eigenvalue weighted by Gasteiger charge is 2.40. The molecule has 1 aromatic rings. The van der Waals surface area contributed by atoms with Crippen molar-refractivity contribution in [3.63, 3.8) is 0 Å². The summed E-state index contributed by atoms with van der Waals surface area (Å²) in [5, 5.41) is 7.04. The zero-order valence-electron chi connectivity index (χ0n) is 19.5. The maximum atomic E-state index is 14.3. The molecular formula is C29H31F2N3. The summed E-state index contributed by atoms with van der Waals surface area (Å²) in [7, 11) is 0. The smallest absolute Gasteiger partial charge is 0.131 e. The monoisotopic (exact) mass is 459 g/mol. The molecule has 5 heteroatoms. The van der Waals surface area contributed by atoms with Gasteiger partial charge in [-0.2, -0.15) is 0 Å². The average Bonchev–Trinajstić information content (AvgIpc) is 3.32. The number of benzene rings is 1. The highest BCUT2D eigenvalue weighted by molar-refractivity contribution is 5.63. The van der Waals surface area contributed by atoms with Crippen LogP contribution < -0.4 is 10.6 Å². The Hall–Kier alpha value is -3.52. The van der Waals surface area contributed by atoms with Crippen molar-refractivity contribution in [1.82, 2.24) is 15.5 Å². The van der Waals surface area contributed by atoms with Gasteiger partial charge in [-0.3, -0.25) is 0 Å². The van der Waals surface area contributed by atoms with Crippen LogP contribution in [0.15, 0.2) is 102 Å². The Bertz CT molecular complexity index is 1180. The van der Waals surface area contributed by atoms with Gasteiger partial charge in [-0.15, -0.1) is 11.5 Å². The molecule has 3 aliphatic rings. The van der Waals surface area contributed by atoms with Gasteiger partial charge in [0.2, 0.25) is 0 Å². The van der Waals surface area contributed by atoms with Gasteiger partial charge in [0.1, 0.15) is 11.6 Å². The van der Waals surface area contributed by atoms with Gasteiger partial charge in [0, 0.05) is 59.3 Å². The fraction of sp³-hybridized carbons (Fsp3) is 0.310. The third kappa shape index (κ3) is 4.46. The lowest BCUT2D eigenvalue weighted by molar-refractivity contribution is 0.163. The van der Waals surface area contributed by atoms with Gasteiger partial charge in [0.05, 0.1) is 5.70 Å². The molecule has 2 atom stereocenters. The molecule has 0 radical (unpaired) electrons. The fourth-order valence-corrected chi connectivity index (χ4v) is 5.32. The van der Waals surface area contributed by atoms with Crippen molar-refractivity contribution in [2.24, 2.45) is 0 Å². The van der Waals surface area contributed by atoms with Crippen LogP contribution in [-0.2, 0) is 6.54 Å². The molecule has 0 aliphatic carbocycles. The molecule has 4 rings (SSSR count). The van der Waals surface area contributed by atoms with Gasteiger partial charge in [0.25, 0.3) is 0 Å². The van der Waals surface area contributed by atoms with Gasteiger partial charge >= 0.3 is 0 Å². The van der Waals surface area contributed by atoms with Gasteiger partial charge in [0.15, 0.2) is 0 Å². The molecule has 3 aliphatic heterocycles. The second-order valence-corrected chi connectivity index (χ2v) is 8.88. The lowest BCUT2D eigenvalue weighted by atomic mass is 9.88. The average molecular weight is 460 g/mol. The standard InChI is InChI=1S/C29H31F2N3/c1-5-10-20(6-2)29-26(7-3)34-16-9-8-11-27(34)24-14-15-25(33-24)28(29)19(4)32-18-21-12-13-22(30)17-23(21)31/h6,10,12-13,17,24,27,32-33H,1-4,8-9,11,14-16,18H2. The van der Waals surface area contributed by atoms with Crippen LogP contribution in [0.4, 0.5) is 8.78 Å². The minimum Gasteiger partial charge on any atom is -0.383 e. The number of hydrogen-bond acceptors (Lipinski definition) is 3. The van der Waals surface area contributed by atoms with E-state index in [0.29, 0.717) is 23.3 Å². The van der Waals surface area contributed by atoms with E-state index in [9.17, 15) is 8.78 Å². The minimum atomic E-state index is -0.597. The molecule has 1 aromatic carbocycles. The van der Waals surface area contributed by atoms with Crippen LogP contribution in [0.2, 0.25) is 0 Å². The Balaban J connectivity index is 1.82. The zero-order chi connectivity index (χ0) is 24.2. The first kappa shape index (κ1) is 23.6. The maximum absolute atomic E-state index is 14.3. The van der Waals surface area contributed by atoms with Crippen molar-refractivity contribution < 1.29 is 8.78 Å². The summed E-state index contributed by atoms with van der Waals surface area (Å²) in [6.07, 6.45) is 8.92. The highest BCUT2D eigenvalue weighted by atomic mass is 19.1. The molecule has 0 spiro atoms. The van der Waals surface area contributed by atoms with E-state index < -0.39 is 11.6 Å². The topological polar surface area (TPSA) is 27.3 Å². The van der Waals surface area contributed by atoms with Crippen molar-refractivity contribution in [3.05, 3.63) is 119 Å². The molecule has 2 N–H and O–H groups in total. The van der Waals surface area contributed by atoms with Gasteiger partial charge in [-0.1, -0.05) is 38.5 Å². The lowest BCUT2D eigenvalue weighted by Gasteiger charge is -2.44. The fourth-order valence-electron chi connectivity index (χ4n) is 5.32. The zero-order valence-corrected chi connectivity index (χ0v) is 19.5. The van der Waals surface area contributed by atoms with E-state index in [4.69, 9.17) is 0 Å². The second kappa shape index (κ2) is 10.2. The van der Waals surface area contributed by atoms with Gasteiger partial charge < -0.3 is 15.5 Å². The summed E-state index contributed by atoms with van der Waals surface area (Å²) in [5.41, 5.74) is 11.8. The summed E-state index contributed by atoms with van der Waals surface area (Å²) in [4.78, 5) is 2.42. The summed E-state index contributed by atoms with van der Waals surface area (Å²) in [6.45, 7) is 17.3. The van der Waals surface area contributed by atoms with Crippen molar-refractivity contribution in [3.8, 4) is 0 Å². The SMILES string of the molecule is C=C=CC(C=C)=C1C(=C=C)N2CCCCC2C2CCC(=C1C(=C)NCc1ccc(F)cc1F)N2. The summed E-state index contributed by atoms with van der Waals surface area (Å²) in [6, 6.07) is 4.30. The number of allylic oxidation sites excluding steroid dienone is 6. The number of halogens is 2. The van der Waals surface area contributed by atoms with E-state index in [1.165, 1.54) is 18.6 Å². The molecule has 176 valence electrons. The number of fused-ring (bicyclic) bond motifs is 4. The third-order valence-corrected chi connectivity index (χ3v) is 6.90. The lowest BCUT2D eigenvalue weighted by Crippen LogP contribution is -2.50. The third-order valence-electron chi connectivity index (χ3n) is 6.90. The molecule has 34 heavy (non-hydrogen) atoms. The molecule has 0 saturated carbocycles. The molecule has 2 fully saturated rings. The van der Waals surface area contributed by atoms with Crippen LogP contribution in [0, 0.1) is 11.6 Å². The maximum Gasteiger partial charge on any atom is 0.131 e. The van der Waals surface area contributed by atoms with Crippen molar-refractivity contribution in [1.29, 1.82) is 0 Å². The Morgan fingerprint density at radius 3 is 2.76 bits per heavy atom. The second-order valence-electron chi connectivity index (χ2n) is 8.88. The first-order valence-corrected chi connectivity index (χ1v) is 11.7. The number of nitrogens with one attached hydrogen (secondary N) is 2. The number of piperidine rings is 1. The molecule has 2 bridgehead atoms. The molecular weight excluding hydrogens is 428 g/mol. The van der Waals surface area contributed by atoms with E-state index in [1.807, 2.05) is 0 Å². The van der Waals surface area contributed by atoms with Crippen molar-refractivity contribution >= 4 is 0 Å². The van der Waals surface area contributed by atoms with Crippen LogP contribution in [0.5, 0.6) is 0 Å². The molecule has 2 unspecified atom stereocenters. The Kier molecular flexibility index (Phi) is 7.07. The van der Waals surface area contributed by atoms with Crippen LogP contribution in [0.25, 0.3) is 0 Å². The van der Waals surface area contributed by atoms with E-state index in [2.05, 4.69) is 53.3 Å². The normalized spacial score (nSPS) is 23.0. The largest absolute Gasteiger partial charge is 0.383 e. The van der Waals surface area contributed by atoms with Gasteiger partial charge in [-0.05, 0) is 49.8 Å². The van der Waals surface area contributed by atoms with Crippen molar-refractivity contribution in [2.75, 3.05) is 6.54 Å². The molecule has 2 saturated heterocycles. The first-order valence-electron chi connectivity index (χ1n) is 11.7. The number of nitrogens with zero attached hydrogens (tertiary/aromatic N) is 1. The van der Waals surface area contributed by atoms with Crippen molar-refractivity contribution in [2.45, 2.75) is 50.7 Å². The predicted molar refractivity (Wildman–Crippen MR) is 133 cm³/mol. The summed E-state index contributed by atoms with van der Waals surface area (Å²) >= 11 is 0. The first-order chi connectivity index (χ1) is 16.5. The van der Waals surface area contributed by atoms with E-state index in [0.717, 1.165) is 66.4 Å². The van der Waals surface area contributed by atoms with Crippen LogP contribution in [-0.4, -0.2) is 23.5 Å². The van der Waals surface area contributed by atoms with E-state index in [1.54, 1.807) is 12.2 Å². The van der Waals surface area contributed by atoms with E-state index in [-0.39, 0.29) is 6.54 Å². The quantitative estimate of drug-likeness (QED) is 0.516. The molecule has 3 heterocycles. The van der Waals surface area contributed by atoms with Gasteiger partial charge in [-0.25, -0.2) is 8.78 Å². The van der Waals surface area contributed by atoms with E-state index >= 15 is 0 Å². The van der Waals surface area contributed by atoms with Crippen LogP contribution >= 0.6 is 0 Å². The van der Waals surface area contributed by atoms with Crippen LogP contribution in [0.1, 0.15) is 37.7 Å². The highest BCUT2D eigenvalue weighted by Crippen LogP contribution is 2.41. The Morgan fingerprint density at radius 2 is 2.06 bits per heavy atom. The number of hydrogen-bond donors (Lipinski definition) is 2. The van der Waals surface area contributed by atoms with Crippen LogP contribution in [0.3, 0.4) is 0 Å².